The zero-order valence-electron chi connectivity index (χ0n) is 11.2. The van der Waals surface area contributed by atoms with E-state index in [0.29, 0.717) is 11.8 Å². The van der Waals surface area contributed by atoms with Crippen molar-refractivity contribution >= 4 is 0 Å². The normalized spacial score (nSPS) is 11.4. The van der Waals surface area contributed by atoms with Gasteiger partial charge < -0.3 is 0 Å². The molecule has 0 N–H and O–H groups in total. The van der Waals surface area contributed by atoms with Crippen LogP contribution in [-0.4, -0.2) is 9.97 Å². The summed E-state index contributed by atoms with van der Waals surface area (Å²) in [5, 5.41) is 0. The summed E-state index contributed by atoms with van der Waals surface area (Å²) in [6.07, 6.45) is 5.60. The van der Waals surface area contributed by atoms with E-state index < -0.39 is 0 Å². The van der Waals surface area contributed by atoms with E-state index in [1.807, 2.05) is 6.20 Å². The highest BCUT2D eigenvalue weighted by molar-refractivity contribution is 5.21. The molecule has 0 saturated carbocycles. The Bertz CT molecular complexity index is 330. The van der Waals surface area contributed by atoms with Gasteiger partial charge in [-0.3, -0.25) is 0 Å². The highest BCUT2D eigenvalue weighted by atomic mass is 14.9. The average Bonchev–Trinajstić information content (AvgIpc) is 2.25. The lowest BCUT2D eigenvalue weighted by Crippen LogP contribution is -2.07. The molecule has 0 amide bonds. The van der Waals surface area contributed by atoms with Gasteiger partial charge in [0.1, 0.15) is 5.82 Å². The van der Waals surface area contributed by atoms with E-state index >= 15 is 0 Å². The monoisotopic (exact) mass is 220 g/mol. The molecule has 0 fully saturated rings. The summed E-state index contributed by atoms with van der Waals surface area (Å²) in [5.41, 5.74) is 2.58. The fourth-order valence-corrected chi connectivity index (χ4v) is 1.77. The van der Waals surface area contributed by atoms with Crippen LogP contribution >= 0.6 is 0 Å². The quantitative estimate of drug-likeness (QED) is 0.747. The molecule has 0 saturated heterocycles. The Morgan fingerprint density at radius 3 is 2.31 bits per heavy atom. The van der Waals surface area contributed by atoms with Crippen LogP contribution in [0.4, 0.5) is 0 Å². The minimum atomic E-state index is 0.415. The Morgan fingerprint density at radius 1 is 1.12 bits per heavy atom. The fourth-order valence-electron chi connectivity index (χ4n) is 1.77. The van der Waals surface area contributed by atoms with Crippen molar-refractivity contribution in [1.29, 1.82) is 0 Å². The van der Waals surface area contributed by atoms with E-state index in [-0.39, 0.29) is 0 Å². The number of aromatic nitrogens is 2. The molecule has 16 heavy (non-hydrogen) atoms. The van der Waals surface area contributed by atoms with Gasteiger partial charge in [0.05, 0.1) is 0 Å². The van der Waals surface area contributed by atoms with Crippen LogP contribution < -0.4 is 0 Å². The van der Waals surface area contributed by atoms with E-state index in [4.69, 9.17) is 4.98 Å². The first kappa shape index (κ1) is 13.1. The van der Waals surface area contributed by atoms with Crippen molar-refractivity contribution in [3.8, 4) is 0 Å². The van der Waals surface area contributed by atoms with E-state index in [0.717, 1.165) is 12.2 Å². The molecule has 0 atom stereocenters. The van der Waals surface area contributed by atoms with Gasteiger partial charge in [-0.15, -0.1) is 0 Å². The van der Waals surface area contributed by atoms with Crippen molar-refractivity contribution in [2.24, 2.45) is 0 Å². The summed E-state index contributed by atoms with van der Waals surface area (Å²) >= 11 is 0. The van der Waals surface area contributed by atoms with Crippen molar-refractivity contribution in [3.63, 3.8) is 0 Å². The zero-order valence-corrected chi connectivity index (χ0v) is 11.2. The van der Waals surface area contributed by atoms with Crippen LogP contribution in [0.15, 0.2) is 6.20 Å². The van der Waals surface area contributed by atoms with E-state index in [9.17, 15) is 0 Å². The standard InChI is InChI=1S/C14H24N2/c1-6-7-8-12-9-15-14(11(4)5)16-13(12)10(2)3/h9-11H,6-8H2,1-5H3. The largest absolute Gasteiger partial charge is 0.241 e. The lowest BCUT2D eigenvalue weighted by Gasteiger charge is -2.14. The third-order valence-electron chi connectivity index (χ3n) is 2.78. The summed E-state index contributed by atoms with van der Waals surface area (Å²) in [6.45, 7) is 10.9. The average molecular weight is 220 g/mol. The van der Waals surface area contributed by atoms with Gasteiger partial charge >= 0.3 is 0 Å². The van der Waals surface area contributed by atoms with Crippen LogP contribution in [0.3, 0.4) is 0 Å². The van der Waals surface area contributed by atoms with Crippen LogP contribution in [0.5, 0.6) is 0 Å². The van der Waals surface area contributed by atoms with Gasteiger partial charge in [0.2, 0.25) is 0 Å². The molecule has 1 aromatic rings. The Hall–Kier alpha value is -0.920. The molecule has 90 valence electrons. The molecule has 1 aromatic heterocycles. The van der Waals surface area contributed by atoms with Gasteiger partial charge in [-0.1, -0.05) is 41.0 Å². The van der Waals surface area contributed by atoms with E-state index in [2.05, 4.69) is 39.6 Å². The number of aryl methyl sites for hydroxylation is 1. The topological polar surface area (TPSA) is 25.8 Å². The Balaban J connectivity index is 2.99. The summed E-state index contributed by atoms with van der Waals surface area (Å²) in [5.74, 6) is 1.88. The Labute approximate surface area is 99.5 Å². The number of unbranched alkanes of at least 4 members (excludes halogenated alkanes) is 1. The van der Waals surface area contributed by atoms with Crippen LogP contribution in [0, 0.1) is 0 Å². The van der Waals surface area contributed by atoms with E-state index in [1.165, 1.54) is 24.1 Å². The van der Waals surface area contributed by atoms with Crippen molar-refractivity contribution < 1.29 is 0 Å². The SMILES string of the molecule is CCCCc1cnc(C(C)C)nc1C(C)C. The number of nitrogens with zero attached hydrogens (tertiary/aromatic N) is 2. The molecule has 0 unspecified atom stereocenters. The number of hydrogen-bond acceptors (Lipinski definition) is 2. The molecule has 2 heteroatoms. The maximum absolute atomic E-state index is 4.71. The molecule has 0 spiro atoms. The lowest BCUT2D eigenvalue weighted by atomic mass is 10.0. The second-order valence-corrected chi connectivity index (χ2v) is 5.05. The first-order chi connectivity index (χ1) is 7.56. The van der Waals surface area contributed by atoms with Crippen LogP contribution in [0.2, 0.25) is 0 Å². The van der Waals surface area contributed by atoms with Crippen molar-refractivity contribution in [3.05, 3.63) is 23.3 Å². The molecular formula is C14H24N2. The number of hydrogen-bond donors (Lipinski definition) is 0. The van der Waals surface area contributed by atoms with Crippen LogP contribution in [-0.2, 0) is 6.42 Å². The smallest absolute Gasteiger partial charge is 0.131 e. The molecule has 1 rings (SSSR count). The molecular weight excluding hydrogens is 196 g/mol. The molecule has 0 bridgehead atoms. The van der Waals surface area contributed by atoms with Gasteiger partial charge in [0.25, 0.3) is 0 Å². The predicted molar refractivity (Wildman–Crippen MR) is 68.8 cm³/mol. The van der Waals surface area contributed by atoms with Crippen LogP contribution in [0.1, 0.15) is 76.4 Å². The van der Waals surface area contributed by atoms with Crippen molar-refractivity contribution in [2.75, 3.05) is 0 Å². The fraction of sp³-hybridized carbons (Fsp3) is 0.714. The minimum Gasteiger partial charge on any atom is -0.241 e. The van der Waals surface area contributed by atoms with Crippen LogP contribution in [0.25, 0.3) is 0 Å². The highest BCUT2D eigenvalue weighted by Gasteiger charge is 2.11. The van der Waals surface area contributed by atoms with Gasteiger partial charge in [0.15, 0.2) is 0 Å². The molecule has 1 heterocycles. The van der Waals surface area contributed by atoms with Crippen molar-refractivity contribution in [1.82, 2.24) is 9.97 Å². The third-order valence-corrected chi connectivity index (χ3v) is 2.78. The van der Waals surface area contributed by atoms with Gasteiger partial charge in [-0.05, 0) is 24.3 Å². The summed E-state index contributed by atoms with van der Waals surface area (Å²) in [7, 11) is 0. The third kappa shape index (κ3) is 3.29. The lowest BCUT2D eigenvalue weighted by molar-refractivity contribution is 0.697. The first-order valence-corrected chi connectivity index (χ1v) is 6.42. The zero-order chi connectivity index (χ0) is 12.1. The summed E-state index contributed by atoms with van der Waals surface area (Å²) in [6, 6.07) is 0. The molecule has 0 aliphatic heterocycles. The van der Waals surface area contributed by atoms with Crippen molar-refractivity contribution in [2.45, 2.75) is 65.7 Å². The Morgan fingerprint density at radius 2 is 1.81 bits per heavy atom. The molecule has 2 nitrogen and oxygen atoms in total. The molecule has 0 aliphatic rings. The number of rotatable bonds is 5. The predicted octanol–water partition coefficient (Wildman–Crippen LogP) is 4.07. The molecule has 0 radical (unpaired) electrons. The Kier molecular flexibility index (Phi) is 4.91. The minimum absolute atomic E-state index is 0.415. The second-order valence-electron chi connectivity index (χ2n) is 5.05. The molecule has 0 aliphatic carbocycles. The van der Waals surface area contributed by atoms with Gasteiger partial charge in [0, 0.05) is 17.8 Å². The maximum atomic E-state index is 4.71. The highest BCUT2D eigenvalue weighted by Crippen LogP contribution is 2.20. The second kappa shape index (κ2) is 5.97. The molecule has 0 aromatic carbocycles. The van der Waals surface area contributed by atoms with Gasteiger partial charge in [-0.2, -0.15) is 0 Å². The summed E-state index contributed by atoms with van der Waals surface area (Å²) < 4.78 is 0. The van der Waals surface area contributed by atoms with Gasteiger partial charge in [-0.25, -0.2) is 9.97 Å². The summed E-state index contributed by atoms with van der Waals surface area (Å²) in [4.78, 5) is 9.18. The maximum Gasteiger partial charge on any atom is 0.131 e. The first-order valence-electron chi connectivity index (χ1n) is 6.42. The van der Waals surface area contributed by atoms with E-state index in [1.54, 1.807) is 0 Å².